The van der Waals surface area contributed by atoms with Gasteiger partial charge in [0, 0.05) is 20.0 Å². The molecule has 0 aliphatic carbocycles. The summed E-state index contributed by atoms with van der Waals surface area (Å²) in [6.07, 6.45) is 0.0899. The van der Waals surface area contributed by atoms with Gasteiger partial charge in [0.1, 0.15) is 5.25 Å². The summed E-state index contributed by atoms with van der Waals surface area (Å²) in [6.45, 7) is 2.27. The molecular weight excluding hydrogens is 361 g/mol. The minimum absolute atomic E-state index is 0.0798. The summed E-state index contributed by atoms with van der Waals surface area (Å²) >= 11 is 13.0. The quantitative estimate of drug-likeness (QED) is 0.847. The zero-order chi connectivity index (χ0) is 17.1. The van der Waals surface area contributed by atoms with E-state index in [0.717, 1.165) is 0 Å². The van der Waals surface area contributed by atoms with E-state index < -0.39 is 5.25 Å². The van der Waals surface area contributed by atoms with Gasteiger partial charge in [0.05, 0.1) is 15.7 Å². The number of hydrogen-bond acceptors (Lipinski definition) is 5. The second kappa shape index (κ2) is 7.42. The number of aliphatic imine (C=N–C) groups is 1. The van der Waals surface area contributed by atoms with E-state index in [2.05, 4.69) is 10.3 Å². The van der Waals surface area contributed by atoms with Crippen LogP contribution in [0.1, 0.15) is 13.3 Å². The predicted molar refractivity (Wildman–Crippen MR) is 92.7 cm³/mol. The number of amidine groups is 1. The van der Waals surface area contributed by atoms with E-state index in [1.54, 1.807) is 0 Å². The average molecular weight is 376 g/mol. The molecule has 1 aliphatic rings. The maximum absolute atomic E-state index is 12.3. The molecule has 6 nitrogen and oxygen atoms in total. The molecule has 0 spiro atoms. The van der Waals surface area contributed by atoms with Crippen molar-refractivity contribution >= 4 is 57.6 Å². The van der Waals surface area contributed by atoms with Crippen molar-refractivity contribution in [2.45, 2.75) is 18.6 Å². The van der Waals surface area contributed by atoms with Gasteiger partial charge in [-0.2, -0.15) is 0 Å². The van der Waals surface area contributed by atoms with Gasteiger partial charge in [0.2, 0.25) is 11.8 Å². The first-order chi connectivity index (χ1) is 10.9. The number of phenols is 1. The van der Waals surface area contributed by atoms with Crippen molar-refractivity contribution in [2.75, 3.05) is 13.6 Å². The minimum atomic E-state index is -0.503. The van der Waals surface area contributed by atoms with Crippen LogP contribution in [0.3, 0.4) is 0 Å². The lowest BCUT2D eigenvalue weighted by atomic mass is 10.2. The first kappa shape index (κ1) is 17.9. The molecule has 124 valence electrons. The number of nitrogens with zero attached hydrogens (tertiary/aromatic N) is 2. The summed E-state index contributed by atoms with van der Waals surface area (Å²) in [5, 5.41) is 12.2. The van der Waals surface area contributed by atoms with Crippen LogP contribution in [-0.4, -0.2) is 45.8 Å². The van der Waals surface area contributed by atoms with Crippen LogP contribution >= 0.6 is 35.0 Å². The Bertz CT molecular complexity index is 658. The highest BCUT2D eigenvalue weighted by Crippen LogP contribution is 2.37. The Morgan fingerprint density at radius 3 is 2.57 bits per heavy atom. The van der Waals surface area contributed by atoms with E-state index in [1.165, 1.54) is 35.8 Å². The van der Waals surface area contributed by atoms with E-state index in [9.17, 15) is 14.7 Å². The number of aromatic hydroxyl groups is 1. The number of rotatable bonds is 4. The summed E-state index contributed by atoms with van der Waals surface area (Å²) < 4.78 is 0. The lowest BCUT2D eigenvalue weighted by Crippen LogP contribution is -2.33. The van der Waals surface area contributed by atoms with Crippen molar-refractivity contribution in [2.24, 2.45) is 4.99 Å². The fraction of sp³-hybridized carbons (Fsp3) is 0.357. The third-order valence-corrected chi connectivity index (χ3v) is 4.96. The fourth-order valence-electron chi connectivity index (χ4n) is 2.01. The molecule has 0 bridgehead atoms. The van der Waals surface area contributed by atoms with Crippen LogP contribution in [-0.2, 0) is 9.59 Å². The smallest absolute Gasteiger partial charge is 0.242 e. The van der Waals surface area contributed by atoms with Gasteiger partial charge in [-0.1, -0.05) is 35.0 Å². The van der Waals surface area contributed by atoms with E-state index >= 15 is 0 Å². The summed E-state index contributed by atoms with van der Waals surface area (Å²) in [5.41, 5.74) is 0.423. The molecule has 23 heavy (non-hydrogen) atoms. The topological polar surface area (TPSA) is 82.0 Å². The second-order valence-electron chi connectivity index (χ2n) is 4.72. The Kier molecular flexibility index (Phi) is 5.78. The SMILES string of the molecule is CCN1C(=O)C(CC(=O)NC)SC1=Nc1cc(Cl)c(O)c(Cl)c1. The Balaban J connectivity index is 2.30. The molecule has 1 saturated heterocycles. The first-order valence-corrected chi connectivity index (χ1v) is 8.46. The van der Waals surface area contributed by atoms with Gasteiger partial charge in [0.25, 0.3) is 0 Å². The van der Waals surface area contributed by atoms with Crippen LogP contribution in [0.25, 0.3) is 0 Å². The molecule has 1 aromatic carbocycles. The highest BCUT2D eigenvalue weighted by molar-refractivity contribution is 8.15. The number of benzene rings is 1. The third-order valence-electron chi connectivity index (χ3n) is 3.21. The van der Waals surface area contributed by atoms with E-state index in [4.69, 9.17) is 23.2 Å². The number of phenolic OH excluding ortho intramolecular Hbond substituents is 1. The maximum Gasteiger partial charge on any atom is 0.242 e. The van der Waals surface area contributed by atoms with Crippen molar-refractivity contribution < 1.29 is 14.7 Å². The van der Waals surface area contributed by atoms with Crippen LogP contribution in [0.4, 0.5) is 5.69 Å². The lowest BCUT2D eigenvalue weighted by Gasteiger charge is -2.13. The lowest BCUT2D eigenvalue weighted by molar-refractivity contribution is -0.129. The van der Waals surface area contributed by atoms with E-state index in [1.807, 2.05) is 6.92 Å². The van der Waals surface area contributed by atoms with Crippen LogP contribution in [0.15, 0.2) is 17.1 Å². The molecule has 1 atom stereocenters. The molecular formula is C14H15Cl2N3O3S. The predicted octanol–water partition coefficient (Wildman–Crippen LogP) is 2.79. The van der Waals surface area contributed by atoms with Crippen molar-refractivity contribution in [3.05, 3.63) is 22.2 Å². The van der Waals surface area contributed by atoms with Crippen molar-refractivity contribution in [3.8, 4) is 5.75 Å². The summed E-state index contributed by atoms with van der Waals surface area (Å²) in [4.78, 5) is 29.7. The summed E-state index contributed by atoms with van der Waals surface area (Å²) in [6, 6.07) is 2.92. The molecule has 1 aromatic rings. The molecule has 0 saturated carbocycles. The molecule has 2 rings (SSSR count). The molecule has 1 aliphatic heterocycles. The number of amides is 2. The molecule has 2 N–H and O–H groups in total. The first-order valence-electron chi connectivity index (χ1n) is 6.82. The van der Waals surface area contributed by atoms with Crippen LogP contribution in [0.5, 0.6) is 5.75 Å². The summed E-state index contributed by atoms with van der Waals surface area (Å²) in [5.74, 6) is -0.572. The van der Waals surface area contributed by atoms with Gasteiger partial charge >= 0.3 is 0 Å². The Hall–Kier alpha value is -1.44. The van der Waals surface area contributed by atoms with Crippen molar-refractivity contribution in [3.63, 3.8) is 0 Å². The van der Waals surface area contributed by atoms with Crippen molar-refractivity contribution in [1.82, 2.24) is 10.2 Å². The van der Waals surface area contributed by atoms with Crippen LogP contribution < -0.4 is 5.32 Å². The van der Waals surface area contributed by atoms with Gasteiger partial charge in [-0.15, -0.1) is 0 Å². The number of carbonyl (C=O) groups excluding carboxylic acids is 2. The largest absolute Gasteiger partial charge is 0.505 e. The number of halogens is 2. The molecule has 1 heterocycles. The van der Waals surface area contributed by atoms with E-state index in [0.29, 0.717) is 17.4 Å². The molecule has 0 aromatic heterocycles. The number of nitrogens with one attached hydrogen (secondary N) is 1. The van der Waals surface area contributed by atoms with Gasteiger partial charge < -0.3 is 10.4 Å². The molecule has 1 unspecified atom stereocenters. The normalized spacial score (nSPS) is 19.5. The van der Waals surface area contributed by atoms with Gasteiger partial charge in [-0.3, -0.25) is 14.5 Å². The van der Waals surface area contributed by atoms with E-state index in [-0.39, 0.29) is 34.0 Å². The highest BCUT2D eigenvalue weighted by atomic mass is 35.5. The average Bonchev–Trinajstić information content (AvgIpc) is 2.79. The number of thioether (sulfide) groups is 1. The summed E-state index contributed by atoms with van der Waals surface area (Å²) in [7, 11) is 1.53. The second-order valence-corrected chi connectivity index (χ2v) is 6.70. The molecule has 1 fully saturated rings. The fourth-order valence-corrected chi connectivity index (χ4v) is 3.71. The Morgan fingerprint density at radius 1 is 1.43 bits per heavy atom. The monoisotopic (exact) mass is 375 g/mol. The Labute approximate surface area is 147 Å². The molecule has 0 radical (unpaired) electrons. The maximum atomic E-state index is 12.3. The van der Waals surface area contributed by atoms with Gasteiger partial charge in [0.15, 0.2) is 10.9 Å². The molecule has 2 amide bonds. The van der Waals surface area contributed by atoms with Crippen molar-refractivity contribution in [1.29, 1.82) is 0 Å². The molecule has 9 heteroatoms. The third kappa shape index (κ3) is 3.91. The minimum Gasteiger partial charge on any atom is -0.505 e. The standard InChI is InChI=1S/C14H15Cl2N3O3S/c1-3-19-13(22)10(6-11(20)17-2)23-14(19)18-7-4-8(15)12(21)9(16)5-7/h4-5,10,21H,3,6H2,1-2H3,(H,17,20). The highest BCUT2D eigenvalue weighted by Gasteiger charge is 2.38. The zero-order valence-corrected chi connectivity index (χ0v) is 14.8. The zero-order valence-electron chi connectivity index (χ0n) is 12.5. The van der Waals surface area contributed by atoms with Crippen LogP contribution in [0.2, 0.25) is 10.0 Å². The Morgan fingerprint density at radius 2 is 2.04 bits per heavy atom. The number of hydrogen-bond donors (Lipinski definition) is 2. The van der Waals surface area contributed by atoms with Gasteiger partial charge in [-0.25, -0.2) is 4.99 Å². The van der Waals surface area contributed by atoms with Gasteiger partial charge in [-0.05, 0) is 19.1 Å². The number of carbonyl (C=O) groups is 2. The van der Waals surface area contributed by atoms with Crippen LogP contribution in [0, 0.1) is 0 Å².